The summed E-state index contributed by atoms with van der Waals surface area (Å²) in [5.41, 5.74) is 0.181. The molecule has 0 saturated heterocycles. The minimum atomic E-state index is -3.50. The number of carbonyl (C=O) groups excluding carboxylic acids is 1. The third-order valence-corrected chi connectivity index (χ3v) is 4.23. The maximum Gasteiger partial charge on any atom is 0.255 e. The van der Waals surface area contributed by atoms with Crippen LogP contribution in [0.1, 0.15) is 60.5 Å². The lowest BCUT2D eigenvalue weighted by molar-refractivity contribution is 0.0936. The van der Waals surface area contributed by atoms with Crippen molar-refractivity contribution in [1.29, 1.82) is 0 Å². The number of aryl methyl sites for hydroxylation is 1. The maximum absolute atomic E-state index is 12.3. The van der Waals surface area contributed by atoms with E-state index in [2.05, 4.69) is 20.5 Å². The Morgan fingerprint density at radius 2 is 2.00 bits per heavy atom. The fourth-order valence-corrected chi connectivity index (χ4v) is 2.55. The molecule has 2 rings (SSSR count). The molecule has 2 aromatic heterocycles. The molecule has 0 aromatic carbocycles. The van der Waals surface area contributed by atoms with Crippen LogP contribution in [0, 0.1) is 6.92 Å². The van der Waals surface area contributed by atoms with Crippen LogP contribution in [-0.4, -0.2) is 35.8 Å². The molecule has 2 heterocycles. The van der Waals surface area contributed by atoms with Gasteiger partial charge in [0.05, 0.1) is 11.6 Å². The molecule has 0 saturated carbocycles. The summed E-state index contributed by atoms with van der Waals surface area (Å²) >= 11 is 0. The summed E-state index contributed by atoms with van der Waals surface area (Å²) in [7, 11) is -3.50. The van der Waals surface area contributed by atoms with Gasteiger partial charge in [-0.05, 0) is 13.8 Å². The van der Waals surface area contributed by atoms with Crippen molar-refractivity contribution in [3.8, 4) is 0 Å². The summed E-state index contributed by atoms with van der Waals surface area (Å²) in [4.78, 5) is 16.6. The number of rotatable bonds is 5. The molecule has 0 aliphatic heterocycles. The van der Waals surface area contributed by atoms with E-state index in [-0.39, 0.29) is 22.3 Å². The van der Waals surface area contributed by atoms with E-state index in [4.69, 9.17) is 4.42 Å². The number of furan rings is 1. The highest BCUT2D eigenvalue weighted by atomic mass is 32.2. The van der Waals surface area contributed by atoms with Crippen molar-refractivity contribution in [2.45, 2.75) is 44.7 Å². The van der Waals surface area contributed by atoms with Gasteiger partial charge in [-0.1, -0.05) is 13.8 Å². The molecule has 0 bridgehead atoms. The number of H-pyrrole nitrogens is 1. The fraction of sp³-hybridized carbons (Fsp3) is 0.500. The summed E-state index contributed by atoms with van der Waals surface area (Å²) < 4.78 is 28.1. The highest BCUT2D eigenvalue weighted by molar-refractivity contribution is 7.90. The summed E-state index contributed by atoms with van der Waals surface area (Å²) in [6.45, 7) is 7.24. The van der Waals surface area contributed by atoms with Gasteiger partial charge >= 0.3 is 0 Å². The minimum absolute atomic E-state index is 0.177. The van der Waals surface area contributed by atoms with Crippen molar-refractivity contribution in [1.82, 2.24) is 20.5 Å². The number of carbonyl (C=O) groups is 1. The number of sulfone groups is 1. The van der Waals surface area contributed by atoms with E-state index in [0.29, 0.717) is 11.6 Å². The zero-order chi connectivity index (χ0) is 17.4. The number of aromatic nitrogens is 3. The number of nitrogens with zero attached hydrogens (tertiary/aromatic N) is 2. The van der Waals surface area contributed by atoms with Gasteiger partial charge < -0.3 is 9.73 Å². The SMILES string of the molecule is Cc1oc(S(C)(=O)=O)cc1C(=O)N[C@@H](C)c1nc(C(C)C)n[nH]1. The predicted octanol–water partition coefficient (Wildman–Crippen LogP) is 1.72. The van der Waals surface area contributed by atoms with E-state index >= 15 is 0 Å². The second-order valence-electron chi connectivity index (χ2n) is 5.74. The third-order valence-electron chi connectivity index (χ3n) is 3.30. The smallest absolute Gasteiger partial charge is 0.255 e. The normalized spacial score (nSPS) is 13.3. The molecule has 1 amide bonds. The highest BCUT2D eigenvalue weighted by Gasteiger charge is 2.22. The molecule has 0 radical (unpaired) electrons. The number of aromatic amines is 1. The summed E-state index contributed by atoms with van der Waals surface area (Å²) in [6.07, 6.45) is 1.03. The van der Waals surface area contributed by atoms with Crippen LogP contribution in [0.4, 0.5) is 0 Å². The van der Waals surface area contributed by atoms with Crippen LogP contribution in [0.25, 0.3) is 0 Å². The predicted molar refractivity (Wildman–Crippen MR) is 82.9 cm³/mol. The minimum Gasteiger partial charge on any atom is -0.449 e. The molecule has 0 unspecified atom stereocenters. The first kappa shape index (κ1) is 17.2. The Kier molecular flexibility index (Phi) is 4.60. The van der Waals surface area contributed by atoms with Crippen LogP contribution < -0.4 is 5.32 Å². The van der Waals surface area contributed by atoms with E-state index in [1.165, 1.54) is 6.07 Å². The van der Waals surface area contributed by atoms with Crippen LogP contribution >= 0.6 is 0 Å². The molecule has 2 aromatic rings. The number of nitrogens with one attached hydrogen (secondary N) is 2. The quantitative estimate of drug-likeness (QED) is 0.855. The number of amides is 1. The Morgan fingerprint density at radius 3 is 2.48 bits per heavy atom. The number of hydrogen-bond donors (Lipinski definition) is 2. The monoisotopic (exact) mass is 340 g/mol. The fourth-order valence-electron chi connectivity index (χ4n) is 1.95. The van der Waals surface area contributed by atoms with Crippen LogP contribution in [0.2, 0.25) is 0 Å². The van der Waals surface area contributed by atoms with Crippen LogP contribution in [0.15, 0.2) is 15.6 Å². The lowest BCUT2D eigenvalue weighted by atomic mass is 10.2. The molecular weight excluding hydrogens is 320 g/mol. The summed E-state index contributed by atoms with van der Waals surface area (Å²) in [5.74, 6) is 1.19. The molecule has 0 fully saturated rings. The summed E-state index contributed by atoms with van der Waals surface area (Å²) in [5, 5.41) is 9.39. The molecule has 1 atom stereocenters. The molecule has 8 nitrogen and oxygen atoms in total. The molecule has 0 spiro atoms. The first-order valence-corrected chi connectivity index (χ1v) is 9.02. The first-order chi connectivity index (χ1) is 10.6. The maximum atomic E-state index is 12.3. The molecule has 0 aliphatic carbocycles. The van der Waals surface area contributed by atoms with E-state index in [1.54, 1.807) is 13.8 Å². The topological polar surface area (TPSA) is 118 Å². The molecular formula is C14H20N4O4S. The van der Waals surface area contributed by atoms with E-state index in [1.807, 2.05) is 13.8 Å². The zero-order valence-corrected chi connectivity index (χ0v) is 14.5. The van der Waals surface area contributed by atoms with Crippen molar-refractivity contribution in [2.24, 2.45) is 0 Å². The van der Waals surface area contributed by atoms with Gasteiger partial charge in [0.1, 0.15) is 11.6 Å². The van der Waals surface area contributed by atoms with Crippen LogP contribution in [0.5, 0.6) is 0 Å². The Bertz CT molecular complexity index is 820. The Balaban J connectivity index is 2.16. The Labute approximate surface area is 134 Å². The van der Waals surface area contributed by atoms with Crippen molar-refractivity contribution in [3.63, 3.8) is 0 Å². The standard InChI is InChI=1S/C14H20N4O4S/c1-7(2)12-16-13(18-17-12)8(3)15-14(19)10-6-11(22-9(10)4)23(5,20)21/h6-8H,1-5H3,(H,15,19)(H,16,17,18)/t8-/m0/s1. The highest BCUT2D eigenvalue weighted by Crippen LogP contribution is 2.20. The summed E-state index contributed by atoms with van der Waals surface area (Å²) in [6, 6.07) is 0.825. The zero-order valence-electron chi connectivity index (χ0n) is 13.7. The van der Waals surface area contributed by atoms with Gasteiger partial charge in [-0.15, -0.1) is 0 Å². The van der Waals surface area contributed by atoms with Gasteiger partial charge in [0.25, 0.3) is 5.91 Å². The first-order valence-electron chi connectivity index (χ1n) is 7.13. The Hall–Kier alpha value is -2.16. The van der Waals surface area contributed by atoms with Crippen molar-refractivity contribution >= 4 is 15.7 Å². The van der Waals surface area contributed by atoms with Gasteiger partial charge in [0, 0.05) is 18.2 Å². The molecule has 9 heteroatoms. The average molecular weight is 340 g/mol. The van der Waals surface area contributed by atoms with Crippen LogP contribution in [-0.2, 0) is 9.84 Å². The Morgan fingerprint density at radius 1 is 1.35 bits per heavy atom. The molecule has 2 N–H and O–H groups in total. The molecule has 126 valence electrons. The van der Waals surface area contributed by atoms with Gasteiger partial charge in [0.2, 0.25) is 14.9 Å². The van der Waals surface area contributed by atoms with Crippen molar-refractivity contribution in [2.75, 3.05) is 6.26 Å². The van der Waals surface area contributed by atoms with E-state index in [0.717, 1.165) is 6.26 Å². The average Bonchev–Trinajstić information content (AvgIpc) is 3.04. The van der Waals surface area contributed by atoms with Gasteiger partial charge in [-0.2, -0.15) is 5.10 Å². The lowest BCUT2D eigenvalue weighted by Crippen LogP contribution is -2.27. The van der Waals surface area contributed by atoms with Gasteiger partial charge in [-0.3, -0.25) is 9.89 Å². The largest absolute Gasteiger partial charge is 0.449 e. The van der Waals surface area contributed by atoms with Gasteiger partial charge in [0.15, 0.2) is 5.82 Å². The second-order valence-corrected chi connectivity index (χ2v) is 7.68. The van der Waals surface area contributed by atoms with Crippen molar-refractivity contribution < 1.29 is 17.6 Å². The molecule has 0 aliphatic rings. The van der Waals surface area contributed by atoms with E-state index < -0.39 is 21.8 Å². The lowest BCUT2D eigenvalue weighted by Gasteiger charge is -2.10. The van der Waals surface area contributed by atoms with Crippen molar-refractivity contribution in [3.05, 3.63) is 29.0 Å². The second kappa shape index (κ2) is 6.15. The number of hydrogen-bond acceptors (Lipinski definition) is 6. The third kappa shape index (κ3) is 3.79. The molecule has 23 heavy (non-hydrogen) atoms. The van der Waals surface area contributed by atoms with Crippen LogP contribution in [0.3, 0.4) is 0 Å². The van der Waals surface area contributed by atoms with E-state index in [9.17, 15) is 13.2 Å². The van der Waals surface area contributed by atoms with Gasteiger partial charge in [-0.25, -0.2) is 13.4 Å².